The van der Waals surface area contributed by atoms with Crippen LogP contribution >= 0.6 is 0 Å². The molecule has 0 bridgehead atoms. The summed E-state index contributed by atoms with van der Waals surface area (Å²) in [6.45, 7) is 1.50. The molecular formula is C13H14F2N2O. The molecule has 0 atom stereocenters. The van der Waals surface area contributed by atoms with Crippen molar-refractivity contribution < 1.29 is 13.2 Å². The molecule has 0 aliphatic carbocycles. The van der Waals surface area contributed by atoms with E-state index in [9.17, 15) is 8.78 Å². The quantitative estimate of drug-likeness (QED) is 0.889. The van der Waals surface area contributed by atoms with Gasteiger partial charge in [0.1, 0.15) is 5.76 Å². The van der Waals surface area contributed by atoms with E-state index in [4.69, 9.17) is 4.42 Å². The molecule has 18 heavy (non-hydrogen) atoms. The second-order valence-electron chi connectivity index (χ2n) is 4.04. The van der Waals surface area contributed by atoms with Crippen molar-refractivity contribution in [3.05, 3.63) is 53.7 Å². The number of aryl methyl sites for hydroxylation is 1. The summed E-state index contributed by atoms with van der Waals surface area (Å²) in [5.74, 6) is -1.82. The fourth-order valence-corrected chi connectivity index (χ4v) is 1.59. The number of benzene rings is 1. The van der Waals surface area contributed by atoms with Gasteiger partial charge in [-0.15, -0.1) is 0 Å². The lowest BCUT2D eigenvalue weighted by Crippen LogP contribution is -2.30. The maximum Gasteiger partial charge on any atom is 0.285 e. The highest BCUT2D eigenvalue weighted by atomic mass is 19.3. The second-order valence-corrected chi connectivity index (χ2v) is 4.04. The molecule has 1 aromatic carbocycles. The van der Waals surface area contributed by atoms with Crippen LogP contribution in [0, 0.1) is 6.92 Å². The van der Waals surface area contributed by atoms with Crippen LogP contribution in [-0.4, -0.2) is 11.5 Å². The number of oxazole rings is 1. The first kappa shape index (κ1) is 12.7. The van der Waals surface area contributed by atoms with E-state index in [1.165, 1.54) is 12.1 Å². The summed E-state index contributed by atoms with van der Waals surface area (Å²) in [4.78, 5) is 3.93. The lowest BCUT2D eigenvalue weighted by Gasteiger charge is -2.16. The Morgan fingerprint density at radius 2 is 2.00 bits per heavy atom. The first-order chi connectivity index (χ1) is 8.58. The fourth-order valence-electron chi connectivity index (χ4n) is 1.59. The molecule has 1 aromatic heterocycles. The number of aromatic nitrogens is 1. The molecule has 1 N–H and O–H groups in total. The van der Waals surface area contributed by atoms with Gasteiger partial charge >= 0.3 is 0 Å². The van der Waals surface area contributed by atoms with Gasteiger partial charge in [0.25, 0.3) is 5.92 Å². The van der Waals surface area contributed by atoms with E-state index < -0.39 is 12.5 Å². The number of halogens is 2. The van der Waals surface area contributed by atoms with Gasteiger partial charge in [0.2, 0.25) is 5.89 Å². The van der Waals surface area contributed by atoms with Crippen LogP contribution in [0.1, 0.15) is 17.2 Å². The Hall–Kier alpha value is -1.75. The van der Waals surface area contributed by atoms with Crippen molar-refractivity contribution in [2.75, 3.05) is 6.54 Å². The third kappa shape index (κ3) is 3.13. The van der Waals surface area contributed by atoms with Crippen LogP contribution in [0.2, 0.25) is 0 Å². The van der Waals surface area contributed by atoms with Gasteiger partial charge in [-0.1, -0.05) is 30.3 Å². The monoisotopic (exact) mass is 252 g/mol. The minimum Gasteiger partial charge on any atom is -0.445 e. The Bertz CT molecular complexity index is 497. The average Bonchev–Trinajstić information content (AvgIpc) is 2.76. The van der Waals surface area contributed by atoms with Crippen molar-refractivity contribution in [1.82, 2.24) is 10.3 Å². The molecule has 0 saturated heterocycles. The summed E-state index contributed by atoms with van der Waals surface area (Å²) in [5, 5.41) is 2.65. The maximum atomic E-state index is 13.8. The lowest BCUT2D eigenvalue weighted by atomic mass is 10.1. The molecular weight excluding hydrogens is 238 g/mol. The van der Waals surface area contributed by atoms with Gasteiger partial charge in [-0.25, -0.2) is 4.98 Å². The summed E-state index contributed by atoms with van der Waals surface area (Å²) >= 11 is 0. The summed E-state index contributed by atoms with van der Waals surface area (Å²) in [6.07, 6.45) is 1.56. The van der Waals surface area contributed by atoms with E-state index in [-0.39, 0.29) is 12.1 Å². The molecule has 5 heteroatoms. The average molecular weight is 252 g/mol. The highest BCUT2D eigenvalue weighted by Gasteiger charge is 2.30. The summed E-state index contributed by atoms with van der Waals surface area (Å²) < 4.78 is 32.7. The van der Waals surface area contributed by atoms with Crippen LogP contribution in [0.25, 0.3) is 0 Å². The highest BCUT2D eigenvalue weighted by molar-refractivity contribution is 5.20. The van der Waals surface area contributed by atoms with Crippen LogP contribution in [0.15, 0.2) is 40.9 Å². The third-order valence-corrected chi connectivity index (χ3v) is 2.49. The van der Waals surface area contributed by atoms with Crippen LogP contribution in [0.3, 0.4) is 0 Å². The van der Waals surface area contributed by atoms with E-state index in [1.807, 2.05) is 0 Å². The summed E-state index contributed by atoms with van der Waals surface area (Å²) in [5.41, 5.74) is 0.00100. The molecule has 0 amide bonds. The molecule has 0 spiro atoms. The molecule has 1 heterocycles. The Labute approximate surface area is 104 Å². The van der Waals surface area contributed by atoms with Gasteiger partial charge in [0.05, 0.1) is 19.3 Å². The van der Waals surface area contributed by atoms with Crippen LogP contribution in [0.5, 0.6) is 0 Å². The van der Waals surface area contributed by atoms with E-state index in [1.54, 1.807) is 31.3 Å². The third-order valence-electron chi connectivity index (χ3n) is 2.49. The SMILES string of the molecule is Cc1cnc(CNCC(F)(F)c2ccccc2)o1. The van der Waals surface area contributed by atoms with Gasteiger partial charge < -0.3 is 9.73 Å². The number of alkyl halides is 2. The van der Waals surface area contributed by atoms with Gasteiger partial charge in [0.15, 0.2) is 0 Å². The van der Waals surface area contributed by atoms with Crippen molar-refractivity contribution in [1.29, 1.82) is 0 Å². The van der Waals surface area contributed by atoms with Gasteiger partial charge in [-0.05, 0) is 6.92 Å². The maximum absolute atomic E-state index is 13.8. The largest absolute Gasteiger partial charge is 0.445 e. The fraction of sp³-hybridized carbons (Fsp3) is 0.308. The van der Waals surface area contributed by atoms with E-state index in [0.29, 0.717) is 11.7 Å². The number of hydrogen-bond acceptors (Lipinski definition) is 3. The summed E-state index contributed by atoms with van der Waals surface area (Å²) in [6, 6.07) is 7.73. The van der Waals surface area contributed by atoms with Gasteiger partial charge in [-0.3, -0.25) is 0 Å². The Morgan fingerprint density at radius 3 is 2.61 bits per heavy atom. The molecule has 0 unspecified atom stereocenters. The lowest BCUT2D eigenvalue weighted by molar-refractivity contribution is -0.00385. The van der Waals surface area contributed by atoms with Crippen molar-refractivity contribution in [3.63, 3.8) is 0 Å². The van der Waals surface area contributed by atoms with Crippen molar-refractivity contribution in [2.24, 2.45) is 0 Å². The molecule has 2 rings (SSSR count). The van der Waals surface area contributed by atoms with Crippen molar-refractivity contribution in [2.45, 2.75) is 19.4 Å². The second kappa shape index (κ2) is 5.27. The molecule has 0 aliphatic rings. The number of nitrogens with zero attached hydrogens (tertiary/aromatic N) is 1. The summed E-state index contributed by atoms with van der Waals surface area (Å²) in [7, 11) is 0. The van der Waals surface area contributed by atoms with E-state index in [2.05, 4.69) is 10.3 Å². The number of hydrogen-bond donors (Lipinski definition) is 1. The molecule has 0 radical (unpaired) electrons. The van der Waals surface area contributed by atoms with Crippen molar-refractivity contribution in [3.8, 4) is 0 Å². The molecule has 3 nitrogen and oxygen atoms in total. The minimum absolute atomic E-state index is 0.00100. The van der Waals surface area contributed by atoms with Crippen LogP contribution < -0.4 is 5.32 Å². The number of rotatable bonds is 5. The topological polar surface area (TPSA) is 38.1 Å². The number of nitrogens with one attached hydrogen (secondary N) is 1. The standard InChI is InChI=1S/C13H14F2N2O/c1-10-7-17-12(18-10)8-16-9-13(14,15)11-5-3-2-4-6-11/h2-7,16H,8-9H2,1H3. The normalized spacial score (nSPS) is 11.7. The molecule has 0 fully saturated rings. The zero-order valence-corrected chi connectivity index (χ0v) is 9.99. The van der Waals surface area contributed by atoms with Gasteiger partial charge in [0, 0.05) is 5.56 Å². The van der Waals surface area contributed by atoms with Gasteiger partial charge in [-0.2, -0.15) is 8.78 Å². The predicted octanol–water partition coefficient (Wildman–Crippen LogP) is 2.86. The highest BCUT2D eigenvalue weighted by Crippen LogP contribution is 2.26. The van der Waals surface area contributed by atoms with Crippen molar-refractivity contribution >= 4 is 0 Å². The van der Waals surface area contributed by atoms with Crippen LogP contribution in [-0.2, 0) is 12.5 Å². The molecule has 2 aromatic rings. The zero-order chi connectivity index (χ0) is 13.0. The first-order valence-electron chi connectivity index (χ1n) is 5.63. The van der Waals surface area contributed by atoms with E-state index in [0.717, 1.165) is 0 Å². The molecule has 0 saturated carbocycles. The first-order valence-corrected chi connectivity index (χ1v) is 5.63. The Morgan fingerprint density at radius 1 is 1.28 bits per heavy atom. The molecule has 96 valence electrons. The minimum atomic E-state index is -2.90. The van der Waals surface area contributed by atoms with E-state index >= 15 is 0 Å². The zero-order valence-electron chi connectivity index (χ0n) is 9.99. The smallest absolute Gasteiger partial charge is 0.285 e. The molecule has 0 aliphatic heterocycles. The predicted molar refractivity (Wildman–Crippen MR) is 63.3 cm³/mol. The van der Waals surface area contributed by atoms with Crippen LogP contribution in [0.4, 0.5) is 8.78 Å². The Balaban J connectivity index is 1.89. The Kier molecular flexibility index (Phi) is 3.72.